The zero-order valence-electron chi connectivity index (χ0n) is 16.3. The molecule has 0 heterocycles. The molecule has 1 nitrogen and oxygen atoms in total. The van der Waals surface area contributed by atoms with E-state index in [-0.39, 0.29) is 24.2 Å². The number of hydrogen-bond donors (Lipinski definition) is 1. The third-order valence-electron chi connectivity index (χ3n) is 4.71. The molecule has 0 amide bonds. The van der Waals surface area contributed by atoms with Gasteiger partial charge in [0.05, 0.1) is 0 Å². The van der Waals surface area contributed by atoms with Crippen LogP contribution in [0.2, 0.25) is 0 Å². The molecule has 1 aromatic rings. The van der Waals surface area contributed by atoms with Gasteiger partial charge in [-0.05, 0) is 11.1 Å². The predicted octanol–water partition coefficient (Wildman–Crippen LogP) is 6.91. The second kappa shape index (κ2) is 9.46. The quantitative estimate of drug-likeness (QED) is 0.297. The van der Waals surface area contributed by atoms with Crippen molar-refractivity contribution in [1.29, 1.82) is 0 Å². The van der Waals surface area contributed by atoms with Crippen LogP contribution in [0.5, 0.6) is 0 Å². The van der Waals surface area contributed by atoms with Crippen LogP contribution in [0.3, 0.4) is 0 Å². The van der Waals surface area contributed by atoms with E-state index in [1.165, 1.54) is 0 Å². The molecule has 0 bridgehead atoms. The third kappa shape index (κ3) is 4.61. The topological polar surface area (TPSA) is 26.0 Å². The van der Waals surface area contributed by atoms with Gasteiger partial charge in [0.15, 0.2) is 12.3 Å². The molecule has 0 saturated carbocycles. The molecule has 0 aliphatic carbocycles. The second-order valence-electron chi connectivity index (χ2n) is 7.03. The highest BCUT2D eigenvalue weighted by Gasteiger charge is 2.92. The molecular weight excluding hydrogens is 541 g/mol. The zero-order chi connectivity index (χ0) is 28.0. The predicted molar refractivity (Wildman–Crippen MR) is 83.7 cm³/mol. The van der Waals surface area contributed by atoms with Crippen LogP contribution in [0.15, 0.2) is 24.3 Å². The van der Waals surface area contributed by atoms with Crippen molar-refractivity contribution < 1.29 is 74.6 Å². The fourth-order valence-corrected chi connectivity index (χ4v) is 2.50. The summed E-state index contributed by atoms with van der Waals surface area (Å²) in [5.74, 6) is -47.4. The summed E-state index contributed by atoms with van der Waals surface area (Å²) in [6.07, 6.45) is -20.3. The van der Waals surface area contributed by atoms with Crippen molar-refractivity contribution in [1.82, 2.24) is 0 Å². The van der Waals surface area contributed by atoms with Crippen LogP contribution in [0.25, 0.3) is 0 Å². The van der Waals surface area contributed by atoms with Crippen molar-refractivity contribution in [2.75, 3.05) is 0 Å². The van der Waals surface area contributed by atoms with Crippen LogP contribution in [-0.2, 0) is 6.54 Å². The monoisotopic (exact) mass is 553 g/mol. The number of alkyl halides is 17. The Morgan fingerprint density at radius 1 is 0.571 bits per heavy atom. The molecule has 1 rings (SSSR count). The average molecular weight is 553 g/mol. The maximum absolute atomic E-state index is 14.0. The molecule has 2 N–H and O–H groups in total. The van der Waals surface area contributed by atoms with E-state index in [1.807, 2.05) is 0 Å². The fourth-order valence-electron chi connectivity index (χ4n) is 2.50. The first-order valence-electron chi connectivity index (χ1n) is 8.72. The summed E-state index contributed by atoms with van der Waals surface area (Å²) in [5, 5.41) is 0. The van der Waals surface area contributed by atoms with Crippen LogP contribution >= 0.6 is 0 Å². The van der Waals surface area contributed by atoms with E-state index >= 15 is 0 Å². The van der Waals surface area contributed by atoms with E-state index in [1.54, 1.807) is 0 Å². The summed E-state index contributed by atoms with van der Waals surface area (Å²) >= 11 is 0. The molecule has 0 aliphatic heterocycles. The van der Waals surface area contributed by atoms with Gasteiger partial charge in [0, 0.05) is 6.54 Å². The first-order chi connectivity index (χ1) is 15.5. The maximum atomic E-state index is 14.0. The van der Waals surface area contributed by atoms with E-state index in [2.05, 4.69) is 0 Å². The van der Waals surface area contributed by atoms with Gasteiger partial charge in [-0.1, -0.05) is 24.3 Å². The molecular formula is C17H12F17N. The lowest BCUT2D eigenvalue weighted by Crippen LogP contribution is -2.72. The van der Waals surface area contributed by atoms with Crippen LogP contribution in [0, 0.1) is 0 Å². The van der Waals surface area contributed by atoms with Crippen molar-refractivity contribution in [3.63, 3.8) is 0 Å². The highest BCUT2D eigenvalue weighted by molar-refractivity contribution is 5.27. The Morgan fingerprint density at radius 3 is 1.29 bits per heavy atom. The van der Waals surface area contributed by atoms with Crippen LogP contribution in [0.1, 0.15) is 17.3 Å². The van der Waals surface area contributed by atoms with Gasteiger partial charge in [-0.25, -0.2) is 22.0 Å². The van der Waals surface area contributed by atoms with Crippen LogP contribution in [-0.4, -0.2) is 54.3 Å². The van der Waals surface area contributed by atoms with E-state index in [0.29, 0.717) is 12.1 Å². The first-order valence-corrected chi connectivity index (χ1v) is 8.72. The first kappa shape index (κ1) is 31.0. The summed E-state index contributed by atoms with van der Waals surface area (Å²) in [5.41, 5.74) is 3.54. The molecule has 3 unspecified atom stereocenters. The number of hydrogen-bond acceptors (Lipinski definition) is 1. The van der Waals surface area contributed by atoms with E-state index in [4.69, 9.17) is 5.73 Å². The van der Waals surface area contributed by atoms with Gasteiger partial charge in [-0.15, -0.1) is 0 Å². The third-order valence-corrected chi connectivity index (χ3v) is 4.71. The molecule has 0 radical (unpaired) electrons. The molecule has 0 aromatic heterocycles. The van der Waals surface area contributed by atoms with Gasteiger partial charge in [-0.3, -0.25) is 0 Å². The minimum Gasteiger partial charge on any atom is -0.326 e. The van der Waals surface area contributed by atoms with Crippen molar-refractivity contribution in [3.05, 3.63) is 35.4 Å². The van der Waals surface area contributed by atoms with Gasteiger partial charge < -0.3 is 5.73 Å². The highest BCUT2D eigenvalue weighted by atomic mass is 19.4. The summed E-state index contributed by atoms with van der Waals surface area (Å²) < 4.78 is 228. The van der Waals surface area contributed by atoms with E-state index in [9.17, 15) is 74.6 Å². The molecule has 35 heavy (non-hydrogen) atoms. The van der Waals surface area contributed by atoms with Gasteiger partial charge in [0.1, 0.15) is 0 Å². The lowest BCUT2D eigenvalue weighted by atomic mass is 9.87. The normalized spacial score (nSPS) is 17.5. The number of rotatable bonds is 11. The Labute approximate surface area is 184 Å². The molecule has 18 heteroatoms. The van der Waals surface area contributed by atoms with Gasteiger partial charge in [-0.2, -0.15) is 52.7 Å². The van der Waals surface area contributed by atoms with Gasteiger partial charge in [0.25, 0.3) is 6.43 Å². The average Bonchev–Trinajstić information content (AvgIpc) is 2.76. The number of benzene rings is 1. The molecule has 3 atom stereocenters. The minimum absolute atomic E-state index is 0.0329. The zero-order valence-corrected chi connectivity index (χ0v) is 16.3. The summed E-state index contributed by atoms with van der Waals surface area (Å²) in [6.45, 7) is -0.335. The Morgan fingerprint density at radius 2 is 0.943 bits per heavy atom. The van der Waals surface area contributed by atoms with Crippen molar-refractivity contribution in [2.24, 2.45) is 5.73 Å². The van der Waals surface area contributed by atoms with E-state index in [0.717, 1.165) is 0 Å². The largest absolute Gasteiger partial charge is 0.384 e. The Balaban J connectivity index is 3.55. The molecule has 0 saturated heterocycles. The lowest BCUT2D eigenvalue weighted by molar-refractivity contribution is -0.434. The highest BCUT2D eigenvalue weighted by Crippen LogP contribution is 2.62. The van der Waals surface area contributed by atoms with Gasteiger partial charge >= 0.3 is 35.5 Å². The van der Waals surface area contributed by atoms with Crippen LogP contribution in [0.4, 0.5) is 74.6 Å². The maximum Gasteiger partial charge on any atom is 0.384 e. The van der Waals surface area contributed by atoms with Gasteiger partial charge in [0.2, 0.25) is 6.17 Å². The minimum atomic E-state index is -8.38. The molecule has 0 fully saturated rings. The van der Waals surface area contributed by atoms with Crippen LogP contribution < -0.4 is 5.73 Å². The SMILES string of the molecule is NCc1ccc(C(F)C(F)(F)C(F)(F)C(F)(F)C(F)(F)C(F)(F)C(F)(F)C(F)C(F)C(F)F)cc1. The lowest BCUT2D eigenvalue weighted by Gasteiger charge is -2.42. The van der Waals surface area contributed by atoms with Crippen molar-refractivity contribution in [2.45, 2.75) is 67.0 Å². The fraction of sp³-hybridized carbons (Fsp3) is 0.647. The summed E-state index contributed by atoms with van der Waals surface area (Å²) in [7, 11) is 0. The van der Waals surface area contributed by atoms with Crippen molar-refractivity contribution in [3.8, 4) is 0 Å². The standard InChI is InChI=1S/C17H12F17N/c18-8(11(21)22)10(20)13(25,26)15(29,30)17(33,34)16(31,32)14(27,28)12(23,24)9(19)7-3-1-6(5-35)2-4-7/h1-4,8-11H,5,35H2. The molecule has 0 spiro atoms. The second-order valence-corrected chi connectivity index (χ2v) is 7.03. The molecule has 1 aromatic carbocycles. The Kier molecular flexibility index (Phi) is 8.38. The molecule has 204 valence electrons. The summed E-state index contributed by atoms with van der Waals surface area (Å²) in [4.78, 5) is 0. The smallest absolute Gasteiger partial charge is 0.326 e. The molecule has 0 aliphatic rings. The van der Waals surface area contributed by atoms with E-state index < -0.39 is 66.0 Å². The summed E-state index contributed by atoms with van der Waals surface area (Å²) in [6, 6.07) is 1.87. The number of nitrogens with two attached hydrogens (primary N) is 1. The Bertz CT molecular complexity index is 851. The van der Waals surface area contributed by atoms with Crippen molar-refractivity contribution >= 4 is 0 Å². The Hall–Kier alpha value is -2.01. The number of halogens is 17.